The molecule has 260 valence electrons. The molecule has 0 saturated heterocycles. The van der Waals surface area contributed by atoms with Gasteiger partial charge in [-0.1, -0.05) is 101 Å². The molecule has 2 aromatic heterocycles. The van der Waals surface area contributed by atoms with Gasteiger partial charge in [-0.05, 0) is 145 Å². The van der Waals surface area contributed by atoms with Gasteiger partial charge in [-0.15, -0.1) is 0 Å². The second-order valence-corrected chi connectivity index (χ2v) is 23.1. The number of furan rings is 2. The molecule has 0 amide bonds. The smallest absolute Gasteiger partial charge is 0.107 e. The van der Waals surface area contributed by atoms with E-state index in [-0.39, 0.29) is 0 Å². The number of hydrogen-bond donors (Lipinski definition) is 0. The summed E-state index contributed by atoms with van der Waals surface area (Å²) in [6, 6.07) is 32.4. The summed E-state index contributed by atoms with van der Waals surface area (Å²) in [6.07, 6.45) is 5.25. The molecule has 0 N–H and O–H groups in total. The van der Waals surface area contributed by atoms with Crippen molar-refractivity contribution in [1.29, 1.82) is 0 Å². The van der Waals surface area contributed by atoms with Crippen LogP contribution in [0, 0.1) is 61.2 Å². The van der Waals surface area contributed by atoms with Gasteiger partial charge in [0.15, 0.2) is 0 Å². The average molecular weight is 673 g/mol. The zero-order valence-electron chi connectivity index (χ0n) is 31.3. The maximum atomic E-state index is 6.69. The molecule has 14 atom stereocenters. The van der Waals surface area contributed by atoms with Crippen molar-refractivity contribution in [2.75, 3.05) is 0 Å². The average Bonchev–Trinajstić information content (AvgIpc) is 3.88. The summed E-state index contributed by atoms with van der Waals surface area (Å²) >= 11 is 0. The van der Waals surface area contributed by atoms with Crippen LogP contribution in [0.4, 0.5) is 0 Å². The Labute approximate surface area is 297 Å². The summed E-state index contributed by atoms with van der Waals surface area (Å²) < 4.78 is 13.4. The first-order chi connectivity index (χ1) is 23.5. The van der Waals surface area contributed by atoms with Gasteiger partial charge >= 0.3 is 0 Å². The predicted octanol–water partition coefficient (Wildman–Crippen LogP) is 13.0. The summed E-state index contributed by atoms with van der Waals surface area (Å²) in [6.45, 7) is 20.2. The first-order valence-corrected chi connectivity index (χ1v) is 22.9. The molecule has 49 heavy (non-hydrogen) atoms. The van der Waals surface area contributed by atoms with E-state index in [1.807, 2.05) is 0 Å². The van der Waals surface area contributed by atoms with Crippen molar-refractivity contribution in [2.45, 2.75) is 115 Å². The minimum Gasteiger partial charge on any atom is -0.466 e. The molecule has 2 heterocycles. The monoisotopic (exact) mass is 672 g/mol. The molecule has 8 rings (SSSR count). The Kier molecular flexibility index (Phi) is 8.69. The highest BCUT2D eigenvalue weighted by Gasteiger charge is 2.64. The van der Waals surface area contributed by atoms with Gasteiger partial charge in [-0.3, -0.25) is 0 Å². The molecule has 0 aliphatic heterocycles. The summed E-state index contributed by atoms with van der Waals surface area (Å²) in [4.78, 5) is 0. The van der Waals surface area contributed by atoms with E-state index in [4.69, 9.17) is 8.83 Å². The topological polar surface area (TPSA) is 26.3 Å². The maximum Gasteiger partial charge on any atom is 0.107 e. The van der Waals surface area contributed by atoms with Gasteiger partial charge in [0.25, 0.3) is 0 Å². The highest BCUT2D eigenvalue weighted by molar-refractivity contribution is 6.80. The minimum absolute atomic E-state index is 0.497. The van der Waals surface area contributed by atoms with E-state index in [0.717, 1.165) is 23.4 Å². The molecule has 4 saturated carbocycles. The summed E-state index contributed by atoms with van der Waals surface area (Å²) in [5.41, 5.74) is 4.51. The zero-order valence-corrected chi connectivity index (χ0v) is 32.3. The van der Waals surface area contributed by atoms with Gasteiger partial charge in [-0.25, -0.2) is 0 Å². The summed E-state index contributed by atoms with van der Waals surface area (Å²) in [5, 5.41) is 0. The fourth-order valence-corrected chi connectivity index (χ4v) is 19.4. The van der Waals surface area contributed by atoms with Crippen molar-refractivity contribution in [2.24, 2.45) is 47.3 Å². The SMILES string of the molecule is Cc1ccc(C2CC3C(CC(C)C(C)C3c3ccccc3)C2[Si](C)(C)C2C(c3ccc(C)o3)CC3C2CC(C)C(C)C3c2ccccc2)o1. The molecule has 0 radical (unpaired) electrons. The van der Waals surface area contributed by atoms with E-state index < -0.39 is 8.07 Å². The van der Waals surface area contributed by atoms with E-state index in [0.29, 0.717) is 70.3 Å². The Morgan fingerprint density at radius 1 is 0.490 bits per heavy atom. The van der Waals surface area contributed by atoms with Gasteiger partial charge in [-0.2, -0.15) is 0 Å². The van der Waals surface area contributed by atoms with E-state index >= 15 is 0 Å². The fraction of sp³-hybridized carbons (Fsp3) is 0.565. The summed E-state index contributed by atoms with van der Waals surface area (Å²) in [7, 11) is -2.01. The molecular weight excluding hydrogens is 613 g/mol. The molecule has 2 nitrogen and oxygen atoms in total. The van der Waals surface area contributed by atoms with Crippen LogP contribution in [-0.2, 0) is 0 Å². The summed E-state index contributed by atoms with van der Waals surface area (Å²) in [5.74, 6) is 12.6. The minimum atomic E-state index is -2.01. The third-order valence-corrected chi connectivity index (χ3v) is 20.5. The number of hydrogen-bond acceptors (Lipinski definition) is 2. The lowest BCUT2D eigenvalue weighted by Crippen LogP contribution is -2.48. The van der Waals surface area contributed by atoms with Gasteiger partial charge in [0.05, 0.1) is 8.07 Å². The number of rotatable bonds is 6. The third kappa shape index (κ3) is 5.56. The van der Waals surface area contributed by atoms with Crippen LogP contribution in [0.2, 0.25) is 24.2 Å². The van der Waals surface area contributed by atoms with Gasteiger partial charge < -0.3 is 8.83 Å². The predicted molar refractivity (Wildman–Crippen MR) is 205 cm³/mol. The number of fused-ring (bicyclic) bond motifs is 2. The van der Waals surface area contributed by atoms with E-state index in [1.54, 1.807) is 11.1 Å². The normalized spacial score (nSPS) is 39.1. The van der Waals surface area contributed by atoms with Gasteiger partial charge in [0.1, 0.15) is 23.0 Å². The van der Waals surface area contributed by atoms with Crippen molar-refractivity contribution in [3.8, 4) is 0 Å². The fourth-order valence-electron chi connectivity index (χ4n) is 13.3. The molecule has 14 unspecified atom stereocenters. The van der Waals surface area contributed by atoms with Crippen LogP contribution in [0.1, 0.15) is 111 Å². The second-order valence-electron chi connectivity index (χ2n) is 18.1. The molecule has 4 aromatic rings. The quantitative estimate of drug-likeness (QED) is 0.191. The lowest BCUT2D eigenvalue weighted by molar-refractivity contribution is 0.116. The third-order valence-electron chi connectivity index (χ3n) is 15.4. The first-order valence-electron chi connectivity index (χ1n) is 19.8. The molecule has 4 aliphatic carbocycles. The molecule has 2 aromatic carbocycles. The highest BCUT2D eigenvalue weighted by Crippen LogP contribution is 2.72. The van der Waals surface area contributed by atoms with Crippen molar-refractivity contribution in [3.63, 3.8) is 0 Å². The second kappa shape index (κ2) is 12.8. The van der Waals surface area contributed by atoms with E-state index in [1.165, 1.54) is 37.2 Å². The zero-order chi connectivity index (χ0) is 34.2. The van der Waals surface area contributed by atoms with Crippen LogP contribution in [0.25, 0.3) is 0 Å². The lowest BCUT2D eigenvalue weighted by atomic mass is 9.62. The molecule has 4 fully saturated rings. The molecule has 0 bridgehead atoms. The van der Waals surface area contributed by atoms with Crippen LogP contribution >= 0.6 is 0 Å². The van der Waals surface area contributed by atoms with Crippen molar-refractivity contribution < 1.29 is 8.83 Å². The Hall–Kier alpha value is -2.78. The lowest BCUT2D eigenvalue weighted by Gasteiger charge is -2.52. The highest BCUT2D eigenvalue weighted by atomic mass is 28.3. The number of benzene rings is 2. The molecule has 4 aliphatic rings. The molecule has 0 spiro atoms. The van der Waals surface area contributed by atoms with Crippen LogP contribution < -0.4 is 0 Å². The van der Waals surface area contributed by atoms with Crippen LogP contribution in [0.5, 0.6) is 0 Å². The maximum absolute atomic E-state index is 6.69. The Morgan fingerprint density at radius 2 is 0.878 bits per heavy atom. The van der Waals surface area contributed by atoms with Crippen molar-refractivity contribution in [3.05, 3.63) is 119 Å². The van der Waals surface area contributed by atoms with Crippen LogP contribution in [0.3, 0.4) is 0 Å². The van der Waals surface area contributed by atoms with Crippen LogP contribution in [-0.4, -0.2) is 8.07 Å². The first kappa shape index (κ1) is 33.4. The standard InChI is InChI=1S/C46H60O2Si/c1-27-23-37-35(43(31(27)5)33-15-11-9-12-16-33)25-39(41-21-19-29(3)47-41)45(37)49(7,8)46-38-24-28(2)32(6)44(34-17-13-10-14-18-34)36(38)26-40(46)42-22-20-30(4)48-42/h9-22,27-28,31-32,35-40,43-46H,23-26H2,1-8H3. The van der Waals surface area contributed by atoms with Crippen molar-refractivity contribution in [1.82, 2.24) is 0 Å². The van der Waals surface area contributed by atoms with Crippen molar-refractivity contribution >= 4 is 8.07 Å². The largest absolute Gasteiger partial charge is 0.466 e. The Balaban J connectivity index is 1.26. The van der Waals surface area contributed by atoms with Crippen LogP contribution in [0.15, 0.2) is 93.8 Å². The van der Waals surface area contributed by atoms with Gasteiger partial charge in [0.2, 0.25) is 0 Å². The Morgan fingerprint density at radius 3 is 1.22 bits per heavy atom. The van der Waals surface area contributed by atoms with Gasteiger partial charge in [0, 0.05) is 11.8 Å². The van der Waals surface area contributed by atoms with E-state index in [2.05, 4.69) is 140 Å². The van der Waals surface area contributed by atoms with E-state index in [9.17, 15) is 0 Å². The molecule has 3 heteroatoms. The molecular formula is C46H60O2Si. The number of aryl methyl sites for hydroxylation is 2. The Bertz CT molecular complexity index is 1590.